The Morgan fingerprint density at radius 1 is 1.42 bits per heavy atom. The highest BCUT2D eigenvalue weighted by Crippen LogP contribution is 2.16. The average molecular weight is 285 g/mol. The Bertz CT molecular complexity index is 419. The van der Waals surface area contributed by atoms with E-state index >= 15 is 0 Å². The molecule has 0 saturated carbocycles. The van der Waals surface area contributed by atoms with Gasteiger partial charge in [0.2, 0.25) is 0 Å². The van der Waals surface area contributed by atoms with Gasteiger partial charge in [0, 0.05) is 12.2 Å². The summed E-state index contributed by atoms with van der Waals surface area (Å²) in [6.45, 7) is 5.99. The Labute approximate surface area is 120 Å². The first kappa shape index (κ1) is 15.9. The van der Waals surface area contributed by atoms with Gasteiger partial charge in [-0.2, -0.15) is 0 Å². The Kier molecular flexibility index (Phi) is 6.18. The number of amides is 1. The lowest BCUT2D eigenvalue weighted by Crippen LogP contribution is -2.43. The first-order valence-corrected chi connectivity index (χ1v) is 6.50. The van der Waals surface area contributed by atoms with Crippen molar-refractivity contribution in [3.8, 4) is 0 Å². The van der Waals surface area contributed by atoms with Crippen LogP contribution in [0.3, 0.4) is 0 Å². The molecular weight excluding hydrogens is 264 g/mol. The van der Waals surface area contributed by atoms with Crippen molar-refractivity contribution in [2.75, 3.05) is 13.1 Å². The number of carbonyl (C=O) groups is 1. The van der Waals surface area contributed by atoms with Crippen LogP contribution in [0.4, 0.5) is 0 Å². The molecule has 1 amide bonds. The normalized spacial score (nSPS) is 15.9. The molecule has 0 atom stereocenters. The number of rotatable bonds is 3. The van der Waals surface area contributed by atoms with Crippen LogP contribution in [0, 0.1) is 0 Å². The molecule has 0 radical (unpaired) electrons. The van der Waals surface area contributed by atoms with E-state index in [2.05, 4.69) is 20.6 Å². The molecule has 1 aliphatic rings. The van der Waals surface area contributed by atoms with Crippen LogP contribution in [-0.2, 0) is 0 Å². The van der Waals surface area contributed by atoms with Crippen LogP contribution in [0.1, 0.15) is 48.7 Å². The van der Waals surface area contributed by atoms with Crippen LogP contribution >= 0.6 is 12.4 Å². The van der Waals surface area contributed by atoms with E-state index in [9.17, 15) is 4.79 Å². The minimum Gasteiger partial charge on any atom is -0.349 e. The second kappa shape index (κ2) is 7.40. The summed E-state index contributed by atoms with van der Waals surface area (Å²) in [5, 5.41) is 6.35. The van der Waals surface area contributed by atoms with Gasteiger partial charge in [-0.1, -0.05) is 13.8 Å². The molecule has 0 bridgehead atoms. The Hall–Kier alpha value is -1.20. The second-order valence-corrected chi connectivity index (χ2v) is 4.97. The fourth-order valence-electron chi connectivity index (χ4n) is 2.20. The third kappa shape index (κ3) is 4.14. The number of nitrogens with zero attached hydrogens (tertiary/aromatic N) is 2. The SMILES string of the molecule is CC(C)c1ncncc1C(=O)NC1CCNCC1.Cl. The molecule has 2 heterocycles. The van der Waals surface area contributed by atoms with Crippen LogP contribution in [0.25, 0.3) is 0 Å². The Morgan fingerprint density at radius 3 is 2.74 bits per heavy atom. The van der Waals surface area contributed by atoms with Crippen LogP contribution in [0.5, 0.6) is 0 Å². The molecule has 0 spiro atoms. The van der Waals surface area contributed by atoms with E-state index in [1.54, 1.807) is 6.20 Å². The number of piperidine rings is 1. The standard InChI is InChI=1S/C13H20N4O.ClH/c1-9(2)12-11(7-15-8-16-12)13(18)17-10-3-5-14-6-4-10;/h7-10,14H,3-6H2,1-2H3,(H,17,18);1H. The van der Waals surface area contributed by atoms with E-state index in [1.165, 1.54) is 6.33 Å². The summed E-state index contributed by atoms with van der Waals surface area (Å²) in [6, 6.07) is 0.263. The summed E-state index contributed by atoms with van der Waals surface area (Å²) in [5.41, 5.74) is 1.42. The van der Waals surface area contributed by atoms with Crippen molar-refractivity contribution in [3.05, 3.63) is 23.8 Å². The lowest BCUT2D eigenvalue weighted by Gasteiger charge is -2.24. The first-order valence-electron chi connectivity index (χ1n) is 6.50. The van der Waals surface area contributed by atoms with Crippen molar-refractivity contribution >= 4 is 18.3 Å². The van der Waals surface area contributed by atoms with E-state index in [4.69, 9.17) is 0 Å². The molecule has 1 fully saturated rings. The van der Waals surface area contributed by atoms with Crippen LogP contribution in [-0.4, -0.2) is 35.0 Å². The minimum atomic E-state index is -0.0498. The smallest absolute Gasteiger partial charge is 0.254 e. The van der Waals surface area contributed by atoms with Gasteiger partial charge in [0.1, 0.15) is 6.33 Å². The zero-order valence-electron chi connectivity index (χ0n) is 11.3. The monoisotopic (exact) mass is 284 g/mol. The molecular formula is C13H21ClN4O. The predicted molar refractivity (Wildman–Crippen MR) is 76.7 cm³/mol. The van der Waals surface area contributed by atoms with E-state index in [0.717, 1.165) is 31.6 Å². The van der Waals surface area contributed by atoms with Crippen molar-refractivity contribution in [1.29, 1.82) is 0 Å². The van der Waals surface area contributed by atoms with Gasteiger partial charge in [-0.25, -0.2) is 9.97 Å². The quantitative estimate of drug-likeness (QED) is 0.883. The number of aromatic nitrogens is 2. The molecule has 0 aromatic carbocycles. The highest BCUT2D eigenvalue weighted by molar-refractivity contribution is 5.95. The van der Waals surface area contributed by atoms with Gasteiger partial charge in [-0.05, 0) is 31.8 Å². The number of carbonyl (C=O) groups excluding carboxylic acids is 1. The molecule has 0 aliphatic carbocycles. The maximum Gasteiger partial charge on any atom is 0.254 e. The Balaban J connectivity index is 0.00000180. The molecule has 5 nitrogen and oxygen atoms in total. The second-order valence-electron chi connectivity index (χ2n) is 4.97. The van der Waals surface area contributed by atoms with Crippen LogP contribution in [0.15, 0.2) is 12.5 Å². The number of nitrogens with one attached hydrogen (secondary N) is 2. The van der Waals surface area contributed by atoms with Crippen molar-refractivity contribution in [3.63, 3.8) is 0 Å². The average Bonchev–Trinajstić information content (AvgIpc) is 2.40. The molecule has 6 heteroatoms. The van der Waals surface area contributed by atoms with Crippen LogP contribution < -0.4 is 10.6 Å². The lowest BCUT2D eigenvalue weighted by atomic mass is 10.0. The van der Waals surface area contributed by atoms with Crippen molar-refractivity contribution in [1.82, 2.24) is 20.6 Å². The number of halogens is 1. The Morgan fingerprint density at radius 2 is 2.11 bits per heavy atom. The van der Waals surface area contributed by atoms with Crippen molar-refractivity contribution in [2.45, 2.75) is 38.6 Å². The molecule has 1 aromatic rings. The third-order valence-corrected chi connectivity index (χ3v) is 3.21. The third-order valence-electron chi connectivity index (χ3n) is 3.21. The van der Waals surface area contributed by atoms with E-state index in [-0.39, 0.29) is 30.3 Å². The maximum atomic E-state index is 12.2. The van der Waals surface area contributed by atoms with Crippen molar-refractivity contribution < 1.29 is 4.79 Å². The van der Waals surface area contributed by atoms with Gasteiger partial charge in [0.25, 0.3) is 5.91 Å². The predicted octanol–water partition coefficient (Wildman–Crippen LogP) is 1.50. The fraction of sp³-hybridized carbons (Fsp3) is 0.615. The van der Waals surface area contributed by atoms with Gasteiger partial charge in [-0.3, -0.25) is 4.79 Å². The van der Waals surface area contributed by atoms with Crippen molar-refractivity contribution in [2.24, 2.45) is 0 Å². The summed E-state index contributed by atoms with van der Waals surface area (Å²) in [4.78, 5) is 20.4. The van der Waals surface area contributed by atoms with Gasteiger partial charge < -0.3 is 10.6 Å². The molecule has 1 saturated heterocycles. The largest absolute Gasteiger partial charge is 0.349 e. The molecule has 2 rings (SSSR count). The summed E-state index contributed by atoms with van der Waals surface area (Å²) < 4.78 is 0. The van der Waals surface area contributed by atoms with Gasteiger partial charge in [-0.15, -0.1) is 12.4 Å². The fourth-order valence-corrected chi connectivity index (χ4v) is 2.20. The summed E-state index contributed by atoms with van der Waals surface area (Å²) >= 11 is 0. The molecule has 106 valence electrons. The topological polar surface area (TPSA) is 66.9 Å². The zero-order chi connectivity index (χ0) is 13.0. The maximum absolute atomic E-state index is 12.2. The molecule has 2 N–H and O–H groups in total. The molecule has 1 aliphatic heterocycles. The van der Waals surface area contributed by atoms with E-state index in [1.807, 2.05) is 13.8 Å². The van der Waals surface area contributed by atoms with Crippen LogP contribution in [0.2, 0.25) is 0 Å². The summed E-state index contributed by atoms with van der Waals surface area (Å²) in [5.74, 6) is 0.174. The highest BCUT2D eigenvalue weighted by Gasteiger charge is 2.20. The molecule has 1 aromatic heterocycles. The van der Waals surface area contributed by atoms with E-state index in [0.29, 0.717) is 5.56 Å². The zero-order valence-corrected chi connectivity index (χ0v) is 12.2. The molecule has 0 unspecified atom stereocenters. The van der Waals surface area contributed by atoms with Gasteiger partial charge in [0.15, 0.2) is 0 Å². The van der Waals surface area contributed by atoms with Gasteiger partial charge >= 0.3 is 0 Å². The number of hydrogen-bond acceptors (Lipinski definition) is 4. The summed E-state index contributed by atoms with van der Waals surface area (Å²) in [7, 11) is 0. The summed E-state index contributed by atoms with van der Waals surface area (Å²) in [6.07, 6.45) is 5.07. The number of hydrogen-bond donors (Lipinski definition) is 2. The highest BCUT2D eigenvalue weighted by atomic mass is 35.5. The minimum absolute atomic E-state index is 0. The van der Waals surface area contributed by atoms with E-state index < -0.39 is 0 Å². The first-order chi connectivity index (χ1) is 8.68. The molecule has 19 heavy (non-hydrogen) atoms. The lowest BCUT2D eigenvalue weighted by molar-refractivity contribution is 0.0927. The van der Waals surface area contributed by atoms with Gasteiger partial charge in [0.05, 0.1) is 11.3 Å².